The van der Waals surface area contributed by atoms with E-state index in [-0.39, 0.29) is 11.9 Å². The van der Waals surface area contributed by atoms with Gasteiger partial charge in [-0.3, -0.25) is 4.79 Å². The molecule has 166 valence electrons. The Bertz CT molecular complexity index is 1110. The van der Waals surface area contributed by atoms with E-state index in [4.69, 9.17) is 37.4 Å². The first-order chi connectivity index (χ1) is 15.5. The topological polar surface area (TPSA) is 48.0 Å². The Balaban J connectivity index is 1.57. The minimum absolute atomic E-state index is 0.0876. The fourth-order valence-electron chi connectivity index (χ4n) is 3.89. The molecule has 1 amide bonds. The molecular formula is C25H23Cl2NO4. The fraction of sp³-hybridized carbons (Fsp3) is 0.240. The molecular weight excluding hydrogens is 449 g/mol. The number of halogens is 2. The van der Waals surface area contributed by atoms with Crippen LogP contribution < -0.4 is 14.2 Å². The standard InChI is InChI=1S/C25H23Cl2NO4/c1-30-20-12-11-16(15-21(20)31-2)13-14-28-23(18-9-6-10-19(26)22(18)27)24(25(28)29)32-17-7-4-3-5-8-17/h3-12,15,23-24H,13-14H2,1-2H3/t23-,24+/m1/s1. The summed E-state index contributed by atoms with van der Waals surface area (Å²) < 4.78 is 16.7. The van der Waals surface area contributed by atoms with Gasteiger partial charge in [-0.05, 0) is 47.9 Å². The van der Waals surface area contributed by atoms with E-state index in [1.807, 2.05) is 60.7 Å². The highest BCUT2D eigenvalue weighted by molar-refractivity contribution is 6.42. The van der Waals surface area contributed by atoms with Gasteiger partial charge in [0.05, 0.1) is 24.3 Å². The molecule has 0 saturated carbocycles. The van der Waals surface area contributed by atoms with Crippen molar-refractivity contribution in [2.45, 2.75) is 18.6 Å². The number of carbonyl (C=O) groups is 1. The van der Waals surface area contributed by atoms with E-state index in [2.05, 4.69) is 0 Å². The van der Waals surface area contributed by atoms with Crippen LogP contribution in [0.5, 0.6) is 17.2 Å². The molecule has 0 unspecified atom stereocenters. The third-order valence-corrected chi connectivity index (χ3v) is 6.38. The zero-order valence-electron chi connectivity index (χ0n) is 17.8. The maximum atomic E-state index is 13.1. The molecule has 0 N–H and O–H groups in total. The first-order valence-electron chi connectivity index (χ1n) is 10.2. The summed E-state index contributed by atoms with van der Waals surface area (Å²) in [5, 5.41) is 0.881. The molecule has 3 aromatic rings. The molecule has 1 heterocycles. The quantitative estimate of drug-likeness (QED) is 0.402. The van der Waals surface area contributed by atoms with E-state index in [9.17, 15) is 4.79 Å². The van der Waals surface area contributed by atoms with Crippen LogP contribution in [-0.2, 0) is 11.2 Å². The van der Waals surface area contributed by atoms with Gasteiger partial charge in [0.2, 0.25) is 6.10 Å². The van der Waals surface area contributed by atoms with E-state index >= 15 is 0 Å². The Hall–Kier alpha value is -2.89. The van der Waals surface area contributed by atoms with Crippen LogP contribution in [0.15, 0.2) is 66.7 Å². The Morgan fingerprint density at radius 2 is 1.66 bits per heavy atom. The highest BCUT2D eigenvalue weighted by atomic mass is 35.5. The maximum absolute atomic E-state index is 13.1. The lowest BCUT2D eigenvalue weighted by Crippen LogP contribution is -2.61. The predicted molar refractivity (Wildman–Crippen MR) is 125 cm³/mol. The summed E-state index contributed by atoms with van der Waals surface area (Å²) in [7, 11) is 3.20. The number of hydrogen-bond acceptors (Lipinski definition) is 4. The summed E-state index contributed by atoms with van der Waals surface area (Å²) in [6, 6.07) is 20.1. The Morgan fingerprint density at radius 3 is 2.38 bits per heavy atom. The SMILES string of the molecule is COc1ccc(CCN2C(=O)[C@@H](Oc3ccccc3)[C@H]2c2cccc(Cl)c2Cl)cc1OC. The van der Waals surface area contributed by atoms with Crippen LogP contribution in [-0.4, -0.2) is 37.7 Å². The molecule has 1 aliphatic heterocycles. The molecule has 2 atom stereocenters. The molecule has 0 spiro atoms. The molecule has 0 aromatic heterocycles. The summed E-state index contributed by atoms with van der Waals surface area (Å²) in [5.41, 5.74) is 1.80. The Kier molecular flexibility index (Phi) is 6.77. The van der Waals surface area contributed by atoms with Gasteiger partial charge in [0.15, 0.2) is 11.5 Å². The van der Waals surface area contributed by atoms with E-state index in [1.165, 1.54) is 0 Å². The molecule has 0 bridgehead atoms. The van der Waals surface area contributed by atoms with Crippen molar-refractivity contribution in [2.75, 3.05) is 20.8 Å². The van der Waals surface area contributed by atoms with Crippen molar-refractivity contribution in [1.29, 1.82) is 0 Å². The third-order valence-electron chi connectivity index (χ3n) is 5.54. The fourth-order valence-corrected chi connectivity index (χ4v) is 4.31. The number of nitrogens with zero attached hydrogens (tertiary/aromatic N) is 1. The van der Waals surface area contributed by atoms with Gasteiger partial charge in [-0.1, -0.05) is 59.6 Å². The summed E-state index contributed by atoms with van der Waals surface area (Å²) >= 11 is 12.8. The number of para-hydroxylation sites is 1. The highest BCUT2D eigenvalue weighted by Gasteiger charge is 2.50. The summed E-state index contributed by atoms with van der Waals surface area (Å²) in [5.74, 6) is 1.86. The van der Waals surface area contributed by atoms with Crippen molar-refractivity contribution < 1.29 is 19.0 Å². The van der Waals surface area contributed by atoms with Gasteiger partial charge in [-0.25, -0.2) is 0 Å². The van der Waals surface area contributed by atoms with Gasteiger partial charge in [0.1, 0.15) is 11.8 Å². The van der Waals surface area contributed by atoms with E-state index in [0.717, 1.165) is 11.1 Å². The van der Waals surface area contributed by atoms with Gasteiger partial charge in [0, 0.05) is 6.54 Å². The van der Waals surface area contributed by atoms with Crippen molar-refractivity contribution in [3.63, 3.8) is 0 Å². The lowest BCUT2D eigenvalue weighted by atomic mass is 9.89. The number of amides is 1. The van der Waals surface area contributed by atoms with Crippen LogP contribution in [0.3, 0.4) is 0 Å². The van der Waals surface area contributed by atoms with E-state index < -0.39 is 6.10 Å². The number of ether oxygens (including phenoxy) is 3. The lowest BCUT2D eigenvalue weighted by Gasteiger charge is -2.47. The van der Waals surface area contributed by atoms with Crippen molar-refractivity contribution >= 4 is 29.1 Å². The average molecular weight is 472 g/mol. The van der Waals surface area contributed by atoms with Crippen molar-refractivity contribution in [1.82, 2.24) is 4.90 Å². The summed E-state index contributed by atoms with van der Waals surface area (Å²) in [6.07, 6.45) is -0.0301. The predicted octanol–water partition coefficient (Wildman–Crippen LogP) is 5.58. The molecule has 32 heavy (non-hydrogen) atoms. The first kappa shape index (κ1) is 22.3. The second-order valence-electron chi connectivity index (χ2n) is 7.41. The minimum atomic E-state index is -0.668. The second-order valence-corrected chi connectivity index (χ2v) is 8.20. The number of methoxy groups -OCH3 is 2. The molecule has 0 radical (unpaired) electrons. The van der Waals surface area contributed by atoms with Crippen LogP contribution in [0.1, 0.15) is 17.2 Å². The van der Waals surface area contributed by atoms with Crippen LogP contribution in [0.25, 0.3) is 0 Å². The largest absolute Gasteiger partial charge is 0.493 e. The Labute approximate surface area is 197 Å². The van der Waals surface area contributed by atoms with Gasteiger partial charge >= 0.3 is 0 Å². The van der Waals surface area contributed by atoms with Gasteiger partial charge in [-0.2, -0.15) is 0 Å². The lowest BCUT2D eigenvalue weighted by molar-refractivity contribution is -0.164. The average Bonchev–Trinajstić information content (AvgIpc) is 2.83. The second kappa shape index (κ2) is 9.72. The van der Waals surface area contributed by atoms with E-state index in [0.29, 0.717) is 40.3 Å². The van der Waals surface area contributed by atoms with Crippen LogP contribution >= 0.6 is 23.2 Å². The molecule has 1 fully saturated rings. The molecule has 0 aliphatic carbocycles. The highest BCUT2D eigenvalue weighted by Crippen LogP contribution is 2.42. The van der Waals surface area contributed by atoms with Crippen molar-refractivity contribution in [2.24, 2.45) is 0 Å². The number of carbonyl (C=O) groups excluding carboxylic acids is 1. The molecule has 1 aliphatic rings. The van der Waals surface area contributed by atoms with Crippen LogP contribution in [0, 0.1) is 0 Å². The molecule has 4 rings (SSSR count). The van der Waals surface area contributed by atoms with Gasteiger partial charge in [0.25, 0.3) is 5.91 Å². The van der Waals surface area contributed by atoms with Crippen molar-refractivity contribution in [3.8, 4) is 17.2 Å². The summed E-state index contributed by atoms with van der Waals surface area (Å²) in [4.78, 5) is 14.9. The smallest absolute Gasteiger partial charge is 0.266 e. The number of rotatable bonds is 8. The molecule has 5 nitrogen and oxygen atoms in total. The summed E-state index contributed by atoms with van der Waals surface area (Å²) in [6.45, 7) is 0.497. The number of benzene rings is 3. The van der Waals surface area contributed by atoms with Crippen LogP contribution in [0.2, 0.25) is 10.0 Å². The first-order valence-corrected chi connectivity index (χ1v) is 11.0. The minimum Gasteiger partial charge on any atom is -0.493 e. The third kappa shape index (κ3) is 4.36. The van der Waals surface area contributed by atoms with E-state index in [1.54, 1.807) is 25.2 Å². The number of β-lactam (4-membered cyclic amide) rings is 1. The zero-order valence-corrected chi connectivity index (χ0v) is 19.3. The Morgan fingerprint density at radius 1 is 0.906 bits per heavy atom. The van der Waals surface area contributed by atoms with Crippen LogP contribution in [0.4, 0.5) is 0 Å². The molecule has 3 aromatic carbocycles. The van der Waals surface area contributed by atoms with Gasteiger partial charge in [-0.15, -0.1) is 0 Å². The monoisotopic (exact) mass is 471 g/mol. The van der Waals surface area contributed by atoms with Gasteiger partial charge < -0.3 is 19.1 Å². The molecule has 1 saturated heterocycles. The number of likely N-dealkylation sites (tertiary alicyclic amines) is 1. The maximum Gasteiger partial charge on any atom is 0.266 e. The molecule has 7 heteroatoms. The number of hydrogen-bond donors (Lipinski definition) is 0. The van der Waals surface area contributed by atoms with Crippen molar-refractivity contribution in [3.05, 3.63) is 87.9 Å². The zero-order chi connectivity index (χ0) is 22.7. The normalized spacial score (nSPS) is 17.6.